The van der Waals surface area contributed by atoms with E-state index >= 15 is 0 Å². The van der Waals surface area contributed by atoms with E-state index in [0.717, 1.165) is 29.0 Å². The van der Waals surface area contributed by atoms with Crippen LogP contribution >= 0.6 is 23.5 Å². The summed E-state index contributed by atoms with van der Waals surface area (Å²) in [7, 11) is 0. The lowest BCUT2D eigenvalue weighted by Crippen LogP contribution is -2.43. The van der Waals surface area contributed by atoms with Gasteiger partial charge in [0.25, 0.3) is 0 Å². The summed E-state index contributed by atoms with van der Waals surface area (Å²) in [6.07, 6.45) is 8.96. The van der Waals surface area contributed by atoms with E-state index in [2.05, 4.69) is 35.8 Å². The molecule has 1 saturated heterocycles. The molecule has 3 heteroatoms. The highest BCUT2D eigenvalue weighted by Crippen LogP contribution is 2.50. The quantitative estimate of drug-likeness (QED) is 0.795. The van der Waals surface area contributed by atoms with Crippen LogP contribution < -0.4 is 5.32 Å². The van der Waals surface area contributed by atoms with Crippen molar-refractivity contribution >= 4 is 23.5 Å². The van der Waals surface area contributed by atoms with Crippen LogP contribution in [0.5, 0.6) is 0 Å². The Labute approximate surface area is 127 Å². The fourth-order valence-corrected chi connectivity index (χ4v) is 7.33. The zero-order valence-corrected chi connectivity index (χ0v) is 13.9. The summed E-state index contributed by atoms with van der Waals surface area (Å²) in [5.74, 6) is 7.38. The number of fused-ring (bicyclic) bond motifs is 2. The summed E-state index contributed by atoms with van der Waals surface area (Å²) in [4.78, 5) is 0. The Morgan fingerprint density at radius 1 is 1.21 bits per heavy atom. The van der Waals surface area contributed by atoms with Gasteiger partial charge < -0.3 is 5.32 Å². The average molecular weight is 300 g/mol. The summed E-state index contributed by atoms with van der Waals surface area (Å²) >= 11 is 4.42. The van der Waals surface area contributed by atoms with E-state index in [1.807, 2.05) is 0 Å². The minimum absolute atomic E-state index is 0.794. The van der Waals surface area contributed by atoms with Crippen LogP contribution in [0.4, 0.5) is 0 Å². The van der Waals surface area contributed by atoms with Crippen LogP contribution in [-0.2, 0) is 0 Å². The lowest BCUT2D eigenvalue weighted by atomic mass is 9.83. The maximum Gasteiger partial charge on any atom is 0.0292 e. The van der Waals surface area contributed by atoms with Gasteiger partial charge in [-0.3, -0.25) is 0 Å². The molecule has 1 aliphatic heterocycles. The molecule has 1 nitrogen and oxygen atoms in total. The van der Waals surface area contributed by atoms with Crippen molar-refractivity contribution in [2.45, 2.75) is 56.7 Å². The first-order chi connectivity index (χ1) is 9.36. The van der Waals surface area contributed by atoms with Crippen molar-refractivity contribution in [2.24, 2.45) is 17.8 Å². The Bertz CT molecular complexity index is 278. The highest BCUT2D eigenvalue weighted by Gasteiger charge is 2.41. The number of hydrogen-bond donors (Lipinski definition) is 1. The zero-order valence-electron chi connectivity index (χ0n) is 12.3. The van der Waals surface area contributed by atoms with Crippen molar-refractivity contribution in [1.82, 2.24) is 5.32 Å². The first-order valence-electron chi connectivity index (χ1n) is 8.29. The zero-order chi connectivity index (χ0) is 13.1. The molecule has 5 unspecified atom stereocenters. The predicted molar refractivity (Wildman–Crippen MR) is 89.2 cm³/mol. The molecule has 0 spiro atoms. The van der Waals surface area contributed by atoms with Gasteiger partial charge >= 0.3 is 0 Å². The van der Waals surface area contributed by atoms with E-state index in [1.165, 1.54) is 36.6 Å². The van der Waals surface area contributed by atoms with Crippen LogP contribution in [0.1, 0.15) is 45.4 Å². The van der Waals surface area contributed by atoms with Gasteiger partial charge in [-0.2, -0.15) is 23.5 Å². The van der Waals surface area contributed by atoms with Crippen molar-refractivity contribution < 1.29 is 0 Å². The first-order valence-corrected chi connectivity index (χ1v) is 10.5. The van der Waals surface area contributed by atoms with Crippen molar-refractivity contribution in [3.8, 4) is 0 Å². The van der Waals surface area contributed by atoms with Gasteiger partial charge in [-0.1, -0.05) is 13.3 Å². The lowest BCUT2D eigenvalue weighted by molar-refractivity contribution is 0.277. The van der Waals surface area contributed by atoms with Crippen LogP contribution in [0.2, 0.25) is 0 Å². The Hall–Kier alpha value is 0.660. The van der Waals surface area contributed by atoms with E-state index < -0.39 is 0 Å². The molecule has 1 heterocycles. The Morgan fingerprint density at radius 2 is 2.16 bits per heavy atom. The van der Waals surface area contributed by atoms with E-state index in [0.29, 0.717) is 0 Å². The summed E-state index contributed by atoms with van der Waals surface area (Å²) in [5, 5.41) is 4.77. The molecule has 2 bridgehead atoms. The summed E-state index contributed by atoms with van der Waals surface area (Å²) in [6.45, 7) is 3.51. The van der Waals surface area contributed by atoms with Crippen molar-refractivity contribution in [1.29, 1.82) is 0 Å². The van der Waals surface area contributed by atoms with E-state index in [-0.39, 0.29) is 0 Å². The minimum Gasteiger partial charge on any atom is -0.313 e. The molecule has 0 amide bonds. The molecular weight excluding hydrogens is 270 g/mol. The fourth-order valence-electron chi connectivity index (χ4n) is 4.43. The molecule has 110 valence electrons. The normalized spacial score (nSPS) is 39.6. The van der Waals surface area contributed by atoms with E-state index in [1.54, 1.807) is 25.7 Å². The monoisotopic (exact) mass is 299 g/mol. The van der Waals surface area contributed by atoms with Gasteiger partial charge in [-0.15, -0.1) is 0 Å². The van der Waals surface area contributed by atoms with Crippen LogP contribution in [0, 0.1) is 17.8 Å². The van der Waals surface area contributed by atoms with Crippen LogP contribution in [0.3, 0.4) is 0 Å². The number of nitrogens with one attached hydrogen (secondary N) is 1. The predicted octanol–water partition coefficient (Wildman–Crippen LogP) is 4.03. The molecule has 1 N–H and O–H groups in total. The van der Waals surface area contributed by atoms with Crippen molar-refractivity contribution in [2.75, 3.05) is 23.8 Å². The number of thioether (sulfide) groups is 2. The third-order valence-electron chi connectivity index (χ3n) is 5.39. The van der Waals surface area contributed by atoms with Gasteiger partial charge in [0.05, 0.1) is 0 Å². The van der Waals surface area contributed by atoms with Gasteiger partial charge in [-0.05, 0) is 56.4 Å². The van der Waals surface area contributed by atoms with Gasteiger partial charge in [0, 0.05) is 28.6 Å². The molecular formula is C16H29NS2. The van der Waals surface area contributed by atoms with E-state index in [4.69, 9.17) is 0 Å². The highest BCUT2D eigenvalue weighted by molar-refractivity contribution is 8.06. The SMILES string of the molecule is CCCNC(CC1CC2CCC1C2)C1CSCCS1. The third kappa shape index (κ3) is 3.65. The molecule has 3 rings (SSSR count). The molecule has 0 aromatic carbocycles. The molecule has 0 aromatic heterocycles. The molecule has 3 fully saturated rings. The Kier molecular flexibility index (Phi) is 5.44. The molecule has 5 atom stereocenters. The Morgan fingerprint density at radius 3 is 2.79 bits per heavy atom. The molecule has 19 heavy (non-hydrogen) atoms. The van der Waals surface area contributed by atoms with Gasteiger partial charge in [0.15, 0.2) is 0 Å². The molecule has 3 aliphatic rings. The third-order valence-corrected chi connectivity index (χ3v) is 8.31. The van der Waals surface area contributed by atoms with Gasteiger partial charge in [0.1, 0.15) is 0 Å². The van der Waals surface area contributed by atoms with Crippen LogP contribution in [-0.4, -0.2) is 35.1 Å². The number of hydrogen-bond acceptors (Lipinski definition) is 3. The Balaban J connectivity index is 1.55. The topological polar surface area (TPSA) is 12.0 Å². The highest BCUT2D eigenvalue weighted by atomic mass is 32.2. The van der Waals surface area contributed by atoms with E-state index in [9.17, 15) is 0 Å². The fraction of sp³-hybridized carbons (Fsp3) is 1.00. The maximum atomic E-state index is 3.89. The lowest BCUT2D eigenvalue weighted by Gasteiger charge is -2.34. The second-order valence-electron chi connectivity index (χ2n) is 6.72. The summed E-state index contributed by atoms with van der Waals surface area (Å²) < 4.78 is 0. The molecule has 0 radical (unpaired) electrons. The van der Waals surface area contributed by atoms with Gasteiger partial charge in [-0.25, -0.2) is 0 Å². The average Bonchev–Trinajstić information content (AvgIpc) is 3.07. The van der Waals surface area contributed by atoms with Crippen LogP contribution in [0.15, 0.2) is 0 Å². The molecule has 2 saturated carbocycles. The summed E-state index contributed by atoms with van der Waals surface area (Å²) in [6, 6.07) is 0.794. The largest absolute Gasteiger partial charge is 0.313 e. The van der Waals surface area contributed by atoms with Crippen LogP contribution in [0.25, 0.3) is 0 Å². The first kappa shape index (κ1) is 14.6. The smallest absolute Gasteiger partial charge is 0.0292 e. The second-order valence-corrected chi connectivity index (χ2v) is 9.21. The summed E-state index contributed by atoms with van der Waals surface area (Å²) in [5.41, 5.74) is 0. The standard InChI is InChI=1S/C16H29NS2/c1-2-5-17-15(16-11-18-6-7-19-16)10-14-9-12-3-4-13(14)8-12/h12-17H,2-11H2,1H3. The minimum atomic E-state index is 0.794. The second kappa shape index (κ2) is 7.09. The molecule has 0 aromatic rings. The molecule has 2 aliphatic carbocycles. The van der Waals surface area contributed by atoms with Gasteiger partial charge in [0.2, 0.25) is 0 Å². The maximum absolute atomic E-state index is 3.89. The number of rotatable bonds is 6. The van der Waals surface area contributed by atoms with Crippen molar-refractivity contribution in [3.05, 3.63) is 0 Å². The van der Waals surface area contributed by atoms with Crippen molar-refractivity contribution in [3.63, 3.8) is 0 Å².